The Morgan fingerprint density at radius 2 is 1.86 bits per heavy atom. The molecule has 42 heavy (non-hydrogen) atoms. The molecule has 1 fully saturated rings. The highest BCUT2D eigenvalue weighted by Crippen LogP contribution is 2.33. The van der Waals surface area contributed by atoms with Gasteiger partial charge in [0.15, 0.2) is 0 Å². The highest BCUT2D eigenvalue weighted by atomic mass is 35.5. The van der Waals surface area contributed by atoms with E-state index >= 15 is 0 Å². The van der Waals surface area contributed by atoms with Crippen molar-refractivity contribution in [3.63, 3.8) is 0 Å². The monoisotopic (exact) mass is 611 g/mol. The van der Waals surface area contributed by atoms with Crippen LogP contribution in [-0.2, 0) is 16.1 Å². The van der Waals surface area contributed by atoms with Crippen molar-refractivity contribution in [3.8, 4) is 11.5 Å². The van der Waals surface area contributed by atoms with E-state index in [-0.39, 0.29) is 42.9 Å². The molecular weight excluding hydrogens is 581 g/mol. The predicted molar refractivity (Wildman–Crippen MR) is 160 cm³/mol. The number of methoxy groups -OCH3 is 1. The number of anilines is 1. The first kappa shape index (κ1) is 29.7. The van der Waals surface area contributed by atoms with Crippen LogP contribution in [0.3, 0.4) is 0 Å². The number of rotatable bonds is 7. The number of hydrogen-bond acceptors (Lipinski definition) is 6. The van der Waals surface area contributed by atoms with Crippen molar-refractivity contribution in [2.45, 2.75) is 44.1 Å². The van der Waals surface area contributed by atoms with Gasteiger partial charge in [-0.05, 0) is 60.9 Å². The Kier molecular flexibility index (Phi) is 9.21. The van der Waals surface area contributed by atoms with E-state index < -0.39 is 6.10 Å². The maximum Gasteiger partial charge on any atom is 0.259 e. The van der Waals surface area contributed by atoms with Gasteiger partial charge in [-0.3, -0.25) is 14.4 Å². The molecule has 3 atom stereocenters. The lowest BCUT2D eigenvalue weighted by Crippen LogP contribution is -2.53. The number of hydrogen-bond donors (Lipinski definition) is 2. The summed E-state index contributed by atoms with van der Waals surface area (Å²) in [6.07, 6.45) is 0.743. The van der Waals surface area contributed by atoms with Gasteiger partial charge < -0.3 is 29.7 Å². The highest BCUT2D eigenvalue weighted by Gasteiger charge is 2.39. The van der Waals surface area contributed by atoms with Gasteiger partial charge in [0.1, 0.15) is 24.2 Å². The third-order valence-corrected chi connectivity index (χ3v) is 8.25. The maximum absolute atomic E-state index is 13.6. The summed E-state index contributed by atoms with van der Waals surface area (Å²) in [6, 6.07) is 16.9. The maximum atomic E-state index is 13.6. The minimum absolute atomic E-state index is 0.145. The molecule has 5 rings (SSSR count). The van der Waals surface area contributed by atoms with Crippen molar-refractivity contribution in [2.75, 3.05) is 26.1 Å². The molecule has 0 saturated carbocycles. The summed E-state index contributed by atoms with van der Waals surface area (Å²) in [4.78, 5) is 40.8. The fourth-order valence-corrected chi connectivity index (χ4v) is 5.59. The normalized spacial score (nSPS) is 19.9. The molecule has 1 saturated heterocycles. The van der Waals surface area contributed by atoms with E-state index in [1.807, 2.05) is 6.07 Å². The Morgan fingerprint density at radius 3 is 2.64 bits per heavy atom. The van der Waals surface area contributed by atoms with Gasteiger partial charge in [-0.2, -0.15) is 0 Å². The van der Waals surface area contributed by atoms with E-state index in [9.17, 15) is 14.4 Å². The van der Waals surface area contributed by atoms with E-state index in [0.29, 0.717) is 57.7 Å². The Labute approximate surface area is 254 Å². The molecule has 0 radical (unpaired) electrons. The molecule has 2 aliphatic heterocycles. The SMILES string of the molecule is COc1ccccc1C(=O)Nc1ccc2c(c1)C(=O)N(C)[C@H]1CC[C@H](CC(=O)NCc3ccc(Cl)c(Cl)c3)O[C@H]1CO2. The largest absolute Gasteiger partial charge is 0.496 e. The van der Waals surface area contributed by atoms with Gasteiger partial charge in [0.25, 0.3) is 11.8 Å². The topological polar surface area (TPSA) is 106 Å². The van der Waals surface area contributed by atoms with Crippen molar-refractivity contribution in [3.05, 3.63) is 87.4 Å². The Balaban J connectivity index is 1.22. The standard InChI is InChI=1S/C31H31Cl2N3O6/c1-36-25-11-9-20(15-29(37)34-16-18-7-10-23(32)24(33)13-18)42-28(25)17-41-27-12-8-19(14-22(27)31(36)39)35-30(38)21-5-3-4-6-26(21)40-2/h3-8,10,12-14,20,25,28H,9,11,15-17H2,1-2H3,(H,34,37)(H,35,38)/t20-,25+,28+/m1/s1. The molecule has 11 heteroatoms. The number of likely N-dealkylation sites (N-methyl/N-ethyl adjacent to an activating group) is 1. The molecule has 3 aromatic rings. The molecule has 0 aliphatic carbocycles. The molecule has 9 nitrogen and oxygen atoms in total. The van der Waals surface area contributed by atoms with Crippen LogP contribution >= 0.6 is 23.2 Å². The number of halogens is 2. The molecule has 220 valence electrons. The Hall–Kier alpha value is -3.79. The first-order chi connectivity index (χ1) is 20.2. The van der Waals surface area contributed by atoms with E-state index in [1.54, 1.807) is 66.5 Å². The van der Waals surface area contributed by atoms with Crippen LogP contribution in [0.25, 0.3) is 0 Å². The van der Waals surface area contributed by atoms with Crippen LogP contribution < -0.4 is 20.1 Å². The molecule has 0 bridgehead atoms. The fourth-order valence-electron chi connectivity index (χ4n) is 5.27. The summed E-state index contributed by atoms with van der Waals surface area (Å²) in [5, 5.41) is 6.63. The molecule has 2 N–H and O–H groups in total. The summed E-state index contributed by atoms with van der Waals surface area (Å²) >= 11 is 12.0. The Bertz CT molecular complexity index is 1500. The van der Waals surface area contributed by atoms with Crippen LogP contribution in [0.15, 0.2) is 60.7 Å². The summed E-state index contributed by atoms with van der Waals surface area (Å²) in [5.41, 5.74) is 2.03. The second kappa shape index (κ2) is 13.0. The van der Waals surface area contributed by atoms with Gasteiger partial charge in [-0.1, -0.05) is 41.4 Å². The van der Waals surface area contributed by atoms with E-state index in [1.165, 1.54) is 7.11 Å². The summed E-state index contributed by atoms with van der Waals surface area (Å²) in [5.74, 6) is 0.104. The minimum atomic E-state index is -0.404. The van der Waals surface area contributed by atoms with Crippen molar-refractivity contribution in [2.24, 2.45) is 0 Å². The zero-order valence-electron chi connectivity index (χ0n) is 23.2. The average molecular weight is 613 g/mol. The number of amides is 3. The number of carbonyl (C=O) groups excluding carboxylic acids is 3. The lowest BCUT2D eigenvalue weighted by atomic mass is 9.94. The van der Waals surface area contributed by atoms with Gasteiger partial charge in [0, 0.05) is 19.3 Å². The number of benzene rings is 3. The van der Waals surface area contributed by atoms with Gasteiger partial charge in [-0.25, -0.2) is 0 Å². The first-order valence-corrected chi connectivity index (χ1v) is 14.3. The molecule has 2 aliphatic rings. The van der Waals surface area contributed by atoms with E-state index in [2.05, 4.69) is 10.6 Å². The second-order valence-electron chi connectivity index (χ2n) is 10.3. The van der Waals surface area contributed by atoms with Crippen LogP contribution in [0.5, 0.6) is 11.5 Å². The van der Waals surface area contributed by atoms with Crippen molar-refractivity contribution in [1.29, 1.82) is 0 Å². The van der Waals surface area contributed by atoms with E-state index in [0.717, 1.165) is 5.56 Å². The quantitative estimate of drug-likeness (QED) is 0.373. The second-order valence-corrected chi connectivity index (χ2v) is 11.1. The minimum Gasteiger partial charge on any atom is -0.496 e. The predicted octanol–water partition coefficient (Wildman–Crippen LogP) is 5.34. The number of carbonyl (C=O) groups is 3. The zero-order chi connectivity index (χ0) is 29.8. The summed E-state index contributed by atoms with van der Waals surface area (Å²) < 4.78 is 17.6. The average Bonchev–Trinajstić information content (AvgIpc) is 2.99. The lowest BCUT2D eigenvalue weighted by molar-refractivity contribution is -0.134. The van der Waals surface area contributed by atoms with Crippen LogP contribution in [0.4, 0.5) is 5.69 Å². The van der Waals surface area contributed by atoms with Crippen LogP contribution in [-0.4, -0.2) is 61.6 Å². The number of nitrogens with one attached hydrogen (secondary N) is 2. The summed E-state index contributed by atoms with van der Waals surface area (Å²) in [7, 11) is 3.24. The van der Waals surface area contributed by atoms with Crippen LogP contribution in [0, 0.1) is 0 Å². The number of fused-ring (bicyclic) bond motifs is 2. The molecule has 0 unspecified atom stereocenters. The van der Waals surface area contributed by atoms with Crippen LogP contribution in [0.1, 0.15) is 45.5 Å². The first-order valence-electron chi connectivity index (χ1n) is 13.6. The van der Waals surface area contributed by atoms with Crippen molar-refractivity contribution < 1.29 is 28.6 Å². The molecular formula is C31H31Cl2N3O6. The van der Waals surface area contributed by atoms with Crippen molar-refractivity contribution in [1.82, 2.24) is 10.2 Å². The summed E-state index contributed by atoms with van der Waals surface area (Å²) in [6.45, 7) is 0.538. The smallest absolute Gasteiger partial charge is 0.259 e. The van der Waals surface area contributed by atoms with Gasteiger partial charge >= 0.3 is 0 Å². The molecule has 0 aromatic heterocycles. The number of nitrogens with zero attached hydrogens (tertiary/aromatic N) is 1. The zero-order valence-corrected chi connectivity index (χ0v) is 24.7. The molecule has 3 amide bonds. The molecule has 2 heterocycles. The molecule has 3 aromatic carbocycles. The van der Waals surface area contributed by atoms with Gasteiger partial charge in [0.2, 0.25) is 5.91 Å². The van der Waals surface area contributed by atoms with Crippen molar-refractivity contribution >= 4 is 46.6 Å². The fraction of sp³-hybridized carbons (Fsp3) is 0.323. The van der Waals surface area contributed by atoms with Gasteiger partial charge in [0.05, 0.1) is 46.8 Å². The molecule has 0 spiro atoms. The van der Waals surface area contributed by atoms with Crippen LogP contribution in [0.2, 0.25) is 10.0 Å². The van der Waals surface area contributed by atoms with Gasteiger partial charge in [-0.15, -0.1) is 0 Å². The third kappa shape index (κ3) is 6.64. The lowest BCUT2D eigenvalue weighted by Gasteiger charge is -2.42. The Morgan fingerprint density at radius 1 is 1.05 bits per heavy atom. The van der Waals surface area contributed by atoms with E-state index in [4.69, 9.17) is 37.4 Å². The third-order valence-electron chi connectivity index (χ3n) is 7.51. The highest BCUT2D eigenvalue weighted by molar-refractivity contribution is 6.42. The number of ether oxygens (including phenoxy) is 3. The number of para-hydroxylation sites is 1.